The van der Waals surface area contributed by atoms with Crippen LogP contribution in [-0.4, -0.2) is 23.8 Å². The molecule has 2 aromatic carbocycles. The van der Waals surface area contributed by atoms with Gasteiger partial charge < -0.3 is 20.0 Å². The molecule has 0 unspecified atom stereocenters. The number of halogens is 3. The summed E-state index contributed by atoms with van der Waals surface area (Å²) in [6.45, 7) is 0.275. The van der Waals surface area contributed by atoms with Gasteiger partial charge in [-0.3, -0.25) is 0 Å². The number of aliphatic hydroxyl groups is 1. The molecule has 1 aliphatic heterocycles. The van der Waals surface area contributed by atoms with Crippen LogP contribution in [0.2, 0.25) is 0 Å². The van der Waals surface area contributed by atoms with E-state index in [1.54, 1.807) is 0 Å². The summed E-state index contributed by atoms with van der Waals surface area (Å²) >= 11 is 0. The quantitative estimate of drug-likeness (QED) is 0.847. The highest BCUT2D eigenvalue weighted by atomic mass is 19.4. The zero-order valence-electron chi connectivity index (χ0n) is 13.6. The fourth-order valence-corrected chi connectivity index (χ4v) is 2.55. The molecule has 0 amide bonds. The molecule has 1 heterocycles. The van der Waals surface area contributed by atoms with Gasteiger partial charge in [-0.1, -0.05) is 47.6 Å². The lowest BCUT2D eigenvalue weighted by atomic mass is 10.1. The lowest BCUT2D eigenvalue weighted by Crippen LogP contribution is -2.27. The van der Waals surface area contributed by atoms with Gasteiger partial charge in [-0.05, 0) is 23.3 Å². The molecule has 3 rings (SSSR count). The standard InChI is InChI=1S/C18H17F3N2O3/c19-18(20,21)25-14-8-6-13(7-9-14)16-10-17(23-26-16)22-11-15(24)12-4-2-1-3-5-12/h1-9,15-16,24H,10-11H2,(H,22,23)/t15-,16-/m0/s1. The van der Waals surface area contributed by atoms with Crippen LogP contribution in [-0.2, 0) is 4.84 Å². The maximum atomic E-state index is 12.2. The van der Waals surface area contributed by atoms with Gasteiger partial charge >= 0.3 is 6.36 Å². The van der Waals surface area contributed by atoms with Gasteiger partial charge in [0.2, 0.25) is 0 Å². The van der Waals surface area contributed by atoms with E-state index in [0.29, 0.717) is 17.8 Å². The van der Waals surface area contributed by atoms with Crippen molar-refractivity contribution in [2.24, 2.45) is 5.16 Å². The molecule has 8 heteroatoms. The Kier molecular flexibility index (Phi) is 5.32. The van der Waals surface area contributed by atoms with Crippen LogP contribution in [0.3, 0.4) is 0 Å². The molecule has 0 saturated heterocycles. The van der Waals surface area contributed by atoms with Gasteiger partial charge in [0.15, 0.2) is 6.10 Å². The van der Waals surface area contributed by atoms with Gasteiger partial charge in [0.05, 0.1) is 12.5 Å². The summed E-state index contributed by atoms with van der Waals surface area (Å²) < 4.78 is 40.4. The van der Waals surface area contributed by atoms with Crippen molar-refractivity contribution < 1.29 is 27.9 Å². The fraction of sp³-hybridized carbons (Fsp3) is 0.278. The average molecular weight is 366 g/mol. The van der Waals surface area contributed by atoms with Crippen molar-refractivity contribution in [3.63, 3.8) is 0 Å². The third-order valence-electron chi connectivity index (χ3n) is 3.84. The Hall–Kier alpha value is -2.74. The number of nitrogens with one attached hydrogen (secondary N) is 1. The van der Waals surface area contributed by atoms with Crippen LogP contribution in [0.1, 0.15) is 29.8 Å². The Balaban J connectivity index is 1.50. The highest BCUT2D eigenvalue weighted by molar-refractivity contribution is 5.83. The maximum Gasteiger partial charge on any atom is 0.573 e. The van der Waals surface area contributed by atoms with Gasteiger partial charge in [0, 0.05) is 6.54 Å². The molecule has 2 aromatic rings. The topological polar surface area (TPSA) is 63.1 Å². The molecular formula is C18H17F3N2O3. The van der Waals surface area contributed by atoms with Crippen LogP contribution in [0.15, 0.2) is 59.8 Å². The first kappa shape index (κ1) is 18.1. The van der Waals surface area contributed by atoms with Crippen LogP contribution in [0, 0.1) is 0 Å². The molecule has 1 aliphatic rings. The van der Waals surface area contributed by atoms with E-state index < -0.39 is 18.6 Å². The molecular weight excluding hydrogens is 349 g/mol. The summed E-state index contributed by atoms with van der Waals surface area (Å²) in [4.78, 5) is 5.31. The summed E-state index contributed by atoms with van der Waals surface area (Å²) in [5.41, 5.74) is 1.47. The fourth-order valence-electron chi connectivity index (χ4n) is 2.55. The number of hydrogen-bond donors (Lipinski definition) is 2. The van der Waals surface area contributed by atoms with Crippen molar-refractivity contribution >= 4 is 5.84 Å². The predicted octanol–water partition coefficient (Wildman–Crippen LogP) is 3.68. The number of benzene rings is 2. The Morgan fingerprint density at radius 1 is 1.15 bits per heavy atom. The SMILES string of the molecule is O[C@@H](CNC1=NO[C@H](c2ccc(OC(F)(F)F)cc2)C1)c1ccccc1. The number of amidine groups is 1. The minimum Gasteiger partial charge on any atom is -0.406 e. The van der Waals surface area contributed by atoms with Crippen LogP contribution in [0.5, 0.6) is 5.75 Å². The Morgan fingerprint density at radius 2 is 1.85 bits per heavy atom. The normalized spacial score (nSPS) is 18.0. The minimum atomic E-state index is -4.72. The Morgan fingerprint density at radius 3 is 2.50 bits per heavy atom. The largest absolute Gasteiger partial charge is 0.573 e. The highest BCUT2D eigenvalue weighted by Crippen LogP contribution is 2.29. The second kappa shape index (κ2) is 7.65. The second-order valence-corrected chi connectivity index (χ2v) is 5.76. The predicted molar refractivity (Wildman–Crippen MR) is 88.4 cm³/mol. The second-order valence-electron chi connectivity index (χ2n) is 5.76. The third-order valence-corrected chi connectivity index (χ3v) is 3.84. The summed E-state index contributed by atoms with van der Waals surface area (Å²) in [7, 11) is 0. The molecule has 26 heavy (non-hydrogen) atoms. The first-order valence-corrected chi connectivity index (χ1v) is 7.96. The molecule has 0 fully saturated rings. The number of aliphatic hydroxyl groups excluding tert-OH is 1. The van der Waals surface area contributed by atoms with Gasteiger partial charge in [-0.25, -0.2) is 0 Å². The summed E-state index contributed by atoms with van der Waals surface area (Å²) in [6, 6.07) is 14.7. The molecule has 0 aromatic heterocycles. The number of rotatable bonds is 5. The maximum absolute atomic E-state index is 12.2. The van der Waals surface area contributed by atoms with Crippen molar-refractivity contribution in [3.8, 4) is 5.75 Å². The first-order chi connectivity index (χ1) is 12.4. The first-order valence-electron chi connectivity index (χ1n) is 7.96. The van der Waals surface area contributed by atoms with Crippen molar-refractivity contribution in [2.75, 3.05) is 6.54 Å². The highest BCUT2D eigenvalue weighted by Gasteiger charge is 2.31. The number of oxime groups is 1. The minimum absolute atomic E-state index is 0.275. The molecule has 2 N–H and O–H groups in total. The smallest absolute Gasteiger partial charge is 0.406 e. The molecule has 0 saturated carbocycles. The molecule has 0 radical (unpaired) electrons. The molecule has 0 spiro atoms. The van der Waals surface area contributed by atoms with Gasteiger partial charge in [-0.2, -0.15) is 0 Å². The van der Waals surface area contributed by atoms with Crippen molar-refractivity contribution in [1.29, 1.82) is 0 Å². The van der Waals surface area contributed by atoms with Gasteiger partial charge in [0.1, 0.15) is 11.6 Å². The van der Waals surface area contributed by atoms with E-state index in [2.05, 4.69) is 15.2 Å². The number of nitrogens with zero attached hydrogens (tertiary/aromatic N) is 1. The summed E-state index contributed by atoms with van der Waals surface area (Å²) in [5.74, 6) is 0.282. The molecule has 2 atom stereocenters. The van der Waals surface area contributed by atoms with E-state index in [0.717, 1.165) is 5.56 Å². The van der Waals surface area contributed by atoms with E-state index in [1.165, 1.54) is 24.3 Å². The third kappa shape index (κ3) is 4.89. The van der Waals surface area contributed by atoms with E-state index in [1.807, 2.05) is 30.3 Å². The van der Waals surface area contributed by atoms with Gasteiger partial charge in [0.25, 0.3) is 0 Å². The summed E-state index contributed by atoms with van der Waals surface area (Å²) in [5, 5.41) is 17.1. The Labute approximate surface area is 148 Å². The number of alkyl halides is 3. The van der Waals surface area contributed by atoms with Crippen LogP contribution in [0.4, 0.5) is 13.2 Å². The molecule has 0 aliphatic carbocycles. The average Bonchev–Trinajstić information content (AvgIpc) is 3.09. The molecule has 0 bridgehead atoms. The summed E-state index contributed by atoms with van der Waals surface area (Å²) in [6.07, 6.45) is -5.37. The zero-order valence-corrected chi connectivity index (χ0v) is 13.6. The van der Waals surface area contributed by atoms with E-state index in [9.17, 15) is 18.3 Å². The van der Waals surface area contributed by atoms with Crippen molar-refractivity contribution in [1.82, 2.24) is 5.32 Å². The lowest BCUT2D eigenvalue weighted by molar-refractivity contribution is -0.274. The van der Waals surface area contributed by atoms with Crippen LogP contribution >= 0.6 is 0 Å². The van der Waals surface area contributed by atoms with Gasteiger partial charge in [-0.15, -0.1) is 13.2 Å². The number of hydrogen-bond acceptors (Lipinski definition) is 5. The number of ether oxygens (including phenoxy) is 1. The monoisotopic (exact) mass is 366 g/mol. The lowest BCUT2D eigenvalue weighted by Gasteiger charge is -2.13. The van der Waals surface area contributed by atoms with E-state index in [4.69, 9.17) is 4.84 Å². The van der Waals surface area contributed by atoms with Crippen molar-refractivity contribution in [2.45, 2.75) is 25.0 Å². The van der Waals surface area contributed by atoms with Crippen LogP contribution < -0.4 is 10.1 Å². The molecule has 138 valence electrons. The van der Waals surface area contributed by atoms with E-state index >= 15 is 0 Å². The van der Waals surface area contributed by atoms with E-state index in [-0.39, 0.29) is 12.3 Å². The zero-order chi connectivity index (χ0) is 18.6. The van der Waals surface area contributed by atoms with Crippen molar-refractivity contribution in [3.05, 3.63) is 65.7 Å². The Bertz CT molecular complexity index is 749. The molecule has 5 nitrogen and oxygen atoms in total. The van der Waals surface area contributed by atoms with Crippen LogP contribution in [0.25, 0.3) is 0 Å².